The summed E-state index contributed by atoms with van der Waals surface area (Å²) in [6.07, 6.45) is 0. The van der Waals surface area contributed by atoms with Crippen molar-refractivity contribution in [2.24, 2.45) is 0 Å². The highest BCUT2D eigenvalue weighted by molar-refractivity contribution is 5.94. The number of rotatable bonds is 4. The Balaban J connectivity index is 0.00000200. The maximum absolute atomic E-state index is 13.1. The molecule has 0 radical (unpaired) electrons. The quantitative estimate of drug-likeness (QED) is 0.878. The van der Waals surface area contributed by atoms with E-state index in [1.165, 1.54) is 12.1 Å². The van der Waals surface area contributed by atoms with Gasteiger partial charge in [0.1, 0.15) is 5.82 Å². The molecular formula is C14H21ClFN3O. The van der Waals surface area contributed by atoms with Gasteiger partial charge in [0.25, 0.3) is 5.91 Å². The Hall–Kier alpha value is -1.17. The van der Waals surface area contributed by atoms with Crippen LogP contribution in [0.15, 0.2) is 18.2 Å². The number of amides is 1. The van der Waals surface area contributed by atoms with Crippen LogP contribution in [0.4, 0.5) is 4.39 Å². The Labute approximate surface area is 125 Å². The molecule has 1 amide bonds. The minimum absolute atomic E-state index is 0. The lowest BCUT2D eigenvalue weighted by Gasteiger charge is -2.27. The Morgan fingerprint density at radius 3 is 2.75 bits per heavy atom. The van der Waals surface area contributed by atoms with Crippen molar-refractivity contribution in [3.05, 3.63) is 35.1 Å². The first-order valence-corrected chi connectivity index (χ1v) is 6.64. The van der Waals surface area contributed by atoms with Gasteiger partial charge in [-0.2, -0.15) is 0 Å². The molecule has 0 spiro atoms. The molecule has 1 aliphatic rings. The topological polar surface area (TPSA) is 44.4 Å². The number of nitrogens with zero attached hydrogens (tertiary/aromatic N) is 1. The fraction of sp³-hybridized carbons (Fsp3) is 0.500. The van der Waals surface area contributed by atoms with Gasteiger partial charge in [0, 0.05) is 44.8 Å². The molecule has 1 aromatic rings. The van der Waals surface area contributed by atoms with Crippen molar-refractivity contribution < 1.29 is 9.18 Å². The first kappa shape index (κ1) is 16.9. The van der Waals surface area contributed by atoms with Crippen LogP contribution in [-0.4, -0.2) is 50.1 Å². The fourth-order valence-electron chi connectivity index (χ4n) is 2.15. The zero-order valence-electron chi connectivity index (χ0n) is 11.6. The van der Waals surface area contributed by atoms with Crippen molar-refractivity contribution in [1.29, 1.82) is 0 Å². The SMILES string of the molecule is Cc1cc(C(=O)NCCN2CCNCC2)ccc1F.Cl. The molecule has 2 rings (SSSR count). The highest BCUT2D eigenvalue weighted by Crippen LogP contribution is 2.08. The largest absolute Gasteiger partial charge is 0.351 e. The molecule has 2 N–H and O–H groups in total. The van der Waals surface area contributed by atoms with Crippen LogP contribution in [0.2, 0.25) is 0 Å². The zero-order chi connectivity index (χ0) is 13.7. The van der Waals surface area contributed by atoms with Gasteiger partial charge in [0.05, 0.1) is 0 Å². The van der Waals surface area contributed by atoms with Crippen LogP contribution in [0.5, 0.6) is 0 Å². The maximum Gasteiger partial charge on any atom is 0.251 e. The van der Waals surface area contributed by atoms with Gasteiger partial charge in [-0.25, -0.2) is 4.39 Å². The van der Waals surface area contributed by atoms with Crippen LogP contribution in [0.1, 0.15) is 15.9 Å². The minimum Gasteiger partial charge on any atom is -0.351 e. The van der Waals surface area contributed by atoms with E-state index in [9.17, 15) is 9.18 Å². The van der Waals surface area contributed by atoms with E-state index in [1.807, 2.05) is 0 Å². The molecule has 1 aromatic carbocycles. The molecular weight excluding hydrogens is 281 g/mol. The van der Waals surface area contributed by atoms with Crippen molar-refractivity contribution in [2.75, 3.05) is 39.3 Å². The minimum atomic E-state index is -0.280. The summed E-state index contributed by atoms with van der Waals surface area (Å²) in [6.45, 7) is 7.18. The van der Waals surface area contributed by atoms with E-state index >= 15 is 0 Å². The Bertz CT molecular complexity index is 450. The fourth-order valence-corrected chi connectivity index (χ4v) is 2.15. The predicted octanol–water partition coefficient (Wildman–Crippen LogP) is 1.19. The Morgan fingerprint density at radius 1 is 1.40 bits per heavy atom. The van der Waals surface area contributed by atoms with Gasteiger partial charge in [-0.05, 0) is 30.7 Å². The van der Waals surface area contributed by atoms with E-state index in [0.29, 0.717) is 17.7 Å². The van der Waals surface area contributed by atoms with Gasteiger partial charge in [0.2, 0.25) is 0 Å². The van der Waals surface area contributed by atoms with Crippen molar-refractivity contribution in [2.45, 2.75) is 6.92 Å². The summed E-state index contributed by atoms with van der Waals surface area (Å²) < 4.78 is 13.1. The van der Waals surface area contributed by atoms with Crippen LogP contribution in [0.25, 0.3) is 0 Å². The zero-order valence-corrected chi connectivity index (χ0v) is 12.4. The molecule has 1 heterocycles. The predicted molar refractivity (Wildman–Crippen MR) is 80.0 cm³/mol. The van der Waals surface area contributed by atoms with Crippen LogP contribution in [0, 0.1) is 12.7 Å². The summed E-state index contributed by atoms with van der Waals surface area (Å²) in [5.74, 6) is -0.421. The second kappa shape index (κ2) is 8.19. The van der Waals surface area contributed by atoms with Crippen molar-refractivity contribution in [3.8, 4) is 0 Å². The number of carbonyl (C=O) groups excluding carboxylic acids is 1. The molecule has 1 saturated heterocycles. The molecule has 112 valence electrons. The molecule has 0 unspecified atom stereocenters. The number of nitrogens with one attached hydrogen (secondary N) is 2. The Kier molecular flexibility index (Phi) is 6.91. The average Bonchev–Trinajstić information content (AvgIpc) is 2.43. The summed E-state index contributed by atoms with van der Waals surface area (Å²) >= 11 is 0. The smallest absolute Gasteiger partial charge is 0.251 e. The van der Waals surface area contributed by atoms with E-state index in [2.05, 4.69) is 15.5 Å². The number of hydrogen-bond acceptors (Lipinski definition) is 3. The average molecular weight is 302 g/mol. The summed E-state index contributed by atoms with van der Waals surface area (Å²) in [7, 11) is 0. The van der Waals surface area contributed by atoms with Crippen molar-refractivity contribution in [1.82, 2.24) is 15.5 Å². The van der Waals surface area contributed by atoms with E-state index < -0.39 is 0 Å². The highest BCUT2D eigenvalue weighted by Gasteiger charge is 2.10. The van der Waals surface area contributed by atoms with Gasteiger partial charge in [0.15, 0.2) is 0 Å². The Morgan fingerprint density at radius 2 is 2.10 bits per heavy atom. The van der Waals surface area contributed by atoms with Gasteiger partial charge in [-0.3, -0.25) is 9.69 Å². The monoisotopic (exact) mass is 301 g/mol. The van der Waals surface area contributed by atoms with E-state index in [0.717, 1.165) is 32.7 Å². The van der Waals surface area contributed by atoms with E-state index in [1.54, 1.807) is 13.0 Å². The summed E-state index contributed by atoms with van der Waals surface area (Å²) in [6, 6.07) is 4.43. The number of aryl methyl sites for hydroxylation is 1. The van der Waals surface area contributed by atoms with E-state index in [-0.39, 0.29) is 24.1 Å². The number of hydrogen-bond donors (Lipinski definition) is 2. The third-order valence-corrected chi connectivity index (χ3v) is 3.34. The van der Waals surface area contributed by atoms with Gasteiger partial charge in [-0.1, -0.05) is 0 Å². The lowest BCUT2D eigenvalue weighted by molar-refractivity contribution is 0.0947. The third-order valence-electron chi connectivity index (χ3n) is 3.34. The molecule has 0 aromatic heterocycles. The molecule has 0 atom stereocenters. The number of carbonyl (C=O) groups is 1. The first-order valence-electron chi connectivity index (χ1n) is 6.64. The summed E-state index contributed by atoms with van der Waals surface area (Å²) in [4.78, 5) is 14.2. The van der Waals surface area contributed by atoms with Gasteiger partial charge < -0.3 is 10.6 Å². The summed E-state index contributed by atoms with van der Waals surface area (Å²) in [5, 5.41) is 6.16. The van der Waals surface area contributed by atoms with Gasteiger partial charge in [-0.15, -0.1) is 12.4 Å². The molecule has 20 heavy (non-hydrogen) atoms. The molecule has 1 aliphatic heterocycles. The highest BCUT2D eigenvalue weighted by atomic mass is 35.5. The molecule has 0 saturated carbocycles. The maximum atomic E-state index is 13.1. The van der Waals surface area contributed by atoms with Crippen LogP contribution in [0.3, 0.4) is 0 Å². The molecule has 1 fully saturated rings. The lowest BCUT2D eigenvalue weighted by atomic mass is 10.1. The normalized spacial score (nSPS) is 15.5. The second-order valence-electron chi connectivity index (χ2n) is 4.81. The molecule has 4 nitrogen and oxygen atoms in total. The van der Waals surface area contributed by atoms with Gasteiger partial charge >= 0.3 is 0 Å². The van der Waals surface area contributed by atoms with Crippen LogP contribution >= 0.6 is 12.4 Å². The first-order chi connectivity index (χ1) is 9.16. The third kappa shape index (κ3) is 4.74. The van der Waals surface area contributed by atoms with Crippen molar-refractivity contribution >= 4 is 18.3 Å². The van der Waals surface area contributed by atoms with Crippen LogP contribution < -0.4 is 10.6 Å². The standard InChI is InChI=1S/C14H20FN3O.ClH/c1-11-10-12(2-3-13(11)15)14(19)17-6-9-18-7-4-16-5-8-18;/h2-3,10,16H,4-9H2,1H3,(H,17,19);1H. The summed E-state index contributed by atoms with van der Waals surface area (Å²) in [5.41, 5.74) is 1.01. The van der Waals surface area contributed by atoms with E-state index in [4.69, 9.17) is 0 Å². The number of piperazine rings is 1. The number of benzene rings is 1. The molecule has 6 heteroatoms. The number of halogens is 2. The lowest BCUT2D eigenvalue weighted by Crippen LogP contribution is -2.46. The van der Waals surface area contributed by atoms with Crippen LogP contribution in [-0.2, 0) is 0 Å². The van der Waals surface area contributed by atoms with Crippen molar-refractivity contribution in [3.63, 3.8) is 0 Å². The molecule has 0 bridgehead atoms. The second-order valence-corrected chi connectivity index (χ2v) is 4.81. The molecule has 0 aliphatic carbocycles.